The van der Waals surface area contributed by atoms with Crippen LogP contribution in [-0.4, -0.2) is 15.1 Å². The van der Waals surface area contributed by atoms with Gasteiger partial charge < -0.3 is 16.0 Å². The van der Waals surface area contributed by atoms with Crippen molar-refractivity contribution in [2.24, 2.45) is 0 Å². The van der Waals surface area contributed by atoms with E-state index < -0.39 is 0 Å². The molecule has 0 radical (unpaired) electrons. The number of nitrogen functional groups attached to an aromatic ring is 2. The van der Waals surface area contributed by atoms with Gasteiger partial charge in [0.1, 0.15) is 11.6 Å². The molecule has 72 valence electrons. The molecule has 6 nitrogen and oxygen atoms in total. The van der Waals surface area contributed by atoms with Crippen LogP contribution in [0.3, 0.4) is 0 Å². The highest BCUT2D eigenvalue weighted by atomic mass is 16.5. The van der Waals surface area contributed by atoms with Crippen LogP contribution in [-0.2, 0) is 0 Å². The fraction of sp³-hybridized carbons (Fsp3) is 0.125. The molecule has 0 unspecified atom stereocenters. The fourth-order valence-electron chi connectivity index (χ4n) is 1.12. The Morgan fingerprint density at radius 1 is 1.14 bits per heavy atom. The molecule has 0 aliphatic rings. The summed E-state index contributed by atoms with van der Waals surface area (Å²) < 4.78 is 4.84. The van der Waals surface area contributed by atoms with E-state index in [9.17, 15) is 0 Å². The van der Waals surface area contributed by atoms with Crippen LogP contribution in [0, 0.1) is 6.92 Å². The lowest BCUT2D eigenvalue weighted by molar-refractivity contribution is 0.394. The quantitative estimate of drug-likeness (QED) is 0.684. The first-order chi connectivity index (χ1) is 6.65. The smallest absolute Gasteiger partial charge is 0.223 e. The molecule has 0 saturated carbocycles. The fourth-order valence-corrected chi connectivity index (χ4v) is 1.12. The van der Waals surface area contributed by atoms with Gasteiger partial charge in [-0.15, -0.1) is 0 Å². The average molecular weight is 191 g/mol. The predicted octanol–water partition coefficient (Wildman–Crippen LogP) is 0.604. The Labute approximate surface area is 79.9 Å². The van der Waals surface area contributed by atoms with Gasteiger partial charge in [-0.2, -0.15) is 4.98 Å². The van der Waals surface area contributed by atoms with Crippen molar-refractivity contribution in [3.05, 3.63) is 18.0 Å². The monoisotopic (exact) mass is 191 g/mol. The number of rotatable bonds is 1. The van der Waals surface area contributed by atoms with Gasteiger partial charge in [-0.05, 0) is 12.1 Å². The first kappa shape index (κ1) is 8.49. The van der Waals surface area contributed by atoms with Crippen LogP contribution in [0.2, 0.25) is 0 Å². The number of aromatic nitrogens is 3. The minimum atomic E-state index is 0.336. The van der Waals surface area contributed by atoms with Crippen molar-refractivity contribution in [3.63, 3.8) is 0 Å². The molecule has 2 aromatic rings. The molecule has 0 aliphatic carbocycles. The van der Waals surface area contributed by atoms with Crippen LogP contribution in [0.25, 0.3) is 11.4 Å². The molecule has 0 spiro atoms. The Bertz CT molecular complexity index is 444. The maximum atomic E-state index is 5.53. The Morgan fingerprint density at radius 2 is 1.79 bits per heavy atom. The van der Waals surface area contributed by atoms with Crippen LogP contribution in [0.5, 0.6) is 0 Å². The molecule has 2 rings (SSSR count). The highest BCUT2D eigenvalue weighted by Gasteiger charge is 2.07. The zero-order chi connectivity index (χ0) is 10.1. The Kier molecular flexibility index (Phi) is 1.81. The van der Waals surface area contributed by atoms with Crippen molar-refractivity contribution in [3.8, 4) is 11.4 Å². The highest BCUT2D eigenvalue weighted by Crippen LogP contribution is 2.19. The summed E-state index contributed by atoms with van der Waals surface area (Å²) >= 11 is 0. The van der Waals surface area contributed by atoms with Crippen molar-refractivity contribution in [2.75, 3.05) is 11.5 Å². The molecule has 0 aliphatic heterocycles. The maximum Gasteiger partial charge on any atom is 0.223 e. The molecule has 14 heavy (non-hydrogen) atoms. The summed E-state index contributed by atoms with van der Waals surface area (Å²) in [4.78, 5) is 7.88. The summed E-state index contributed by atoms with van der Waals surface area (Å²) in [5.41, 5.74) is 11.8. The second-order valence-corrected chi connectivity index (χ2v) is 2.84. The molecule has 2 aromatic heterocycles. The van der Waals surface area contributed by atoms with Gasteiger partial charge in [0.2, 0.25) is 11.7 Å². The van der Waals surface area contributed by atoms with Gasteiger partial charge in [-0.25, -0.2) is 4.98 Å². The summed E-state index contributed by atoms with van der Waals surface area (Å²) in [6.45, 7) is 1.71. The van der Waals surface area contributed by atoms with E-state index in [-0.39, 0.29) is 0 Å². The second kappa shape index (κ2) is 2.99. The van der Waals surface area contributed by atoms with E-state index in [0.29, 0.717) is 28.9 Å². The molecular formula is C8H9N5O. The van der Waals surface area contributed by atoms with Crippen LogP contribution in [0.1, 0.15) is 5.89 Å². The molecule has 2 heterocycles. The van der Waals surface area contributed by atoms with Crippen LogP contribution < -0.4 is 11.5 Å². The molecular weight excluding hydrogens is 182 g/mol. The number of anilines is 2. The number of pyridine rings is 1. The molecule has 6 heteroatoms. The maximum absolute atomic E-state index is 5.53. The molecule has 0 bridgehead atoms. The molecule has 0 fully saturated rings. The summed E-state index contributed by atoms with van der Waals surface area (Å²) in [5, 5.41) is 3.74. The Balaban J connectivity index is 2.51. The zero-order valence-corrected chi connectivity index (χ0v) is 7.56. The van der Waals surface area contributed by atoms with Gasteiger partial charge in [-0.1, -0.05) is 5.16 Å². The number of hydrogen-bond acceptors (Lipinski definition) is 6. The average Bonchev–Trinajstić information content (AvgIpc) is 2.50. The van der Waals surface area contributed by atoms with Gasteiger partial charge in [0.15, 0.2) is 0 Å². The van der Waals surface area contributed by atoms with Gasteiger partial charge in [0.25, 0.3) is 0 Å². The number of hydrogen-bond donors (Lipinski definition) is 2. The largest absolute Gasteiger partial charge is 0.384 e. The van der Waals surface area contributed by atoms with Crippen LogP contribution in [0.4, 0.5) is 11.6 Å². The van der Waals surface area contributed by atoms with E-state index in [0.717, 1.165) is 0 Å². The van der Waals surface area contributed by atoms with E-state index in [1.54, 1.807) is 19.1 Å². The molecule has 0 saturated heterocycles. The van der Waals surface area contributed by atoms with Gasteiger partial charge in [-0.3, -0.25) is 0 Å². The van der Waals surface area contributed by atoms with E-state index in [1.165, 1.54) is 0 Å². The first-order valence-electron chi connectivity index (χ1n) is 3.99. The SMILES string of the molecule is Cc1nc(-c2cc(N)nc(N)c2)no1. The summed E-state index contributed by atoms with van der Waals surface area (Å²) in [6.07, 6.45) is 0. The topological polar surface area (TPSA) is 104 Å². The number of aryl methyl sites for hydroxylation is 1. The third-order valence-corrected chi connectivity index (χ3v) is 1.65. The zero-order valence-electron chi connectivity index (χ0n) is 7.56. The lowest BCUT2D eigenvalue weighted by atomic mass is 10.2. The Morgan fingerprint density at radius 3 is 2.29 bits per heavy atom. The van der Waals surface area contributed by atoms with Crippen molar-refractivity contribution < 1.29 is 4.52 Å². The van der Waals surface area contributed by atoms with Crippen LogP contribution in [0.15, 0.2) is 16.7 Å². The standard InChI is InChI=1S/C8H9N5O/c1-4-11-8(13-14-4)5-2-6(9)12-7(10)3-5/h2-3H,1H3,(H4,9,10,12). The number of nitrogens with zero attached hydrogens (tertiary/aromatic N) is 3. The lowest BCUT2D eigenvalue weighted by Gasteiger charge is -1.98. The van der Waals surface area contributed by atoms with E-state index >= 15 is 0 Å². The van der Waals surface area contributed by atoms with Crippen molar-refractivity contribution >= 4 is 11.6 Å². The molecule has 0 amide bonds. The minimum absolute atomic E-state index is 0.336. The van der Waals surface area contributed by atoms with Gasteiger partial charge >= 0.3 is 0 Å². The van der Waals surface area contributed by atoms with Crippen LogP contribution >= 0.6 is 0 Å². The summed E-state index contributed by atoms with van der Waals surface area (Å²) in [7, 11) is 0. The second-order valence-electron chi connectivity index (χ2n) is 2.84. The van der Waals surface area contributed by atoms with E-state index in [1.807, 2.05) is 0 Å². The summed E-state index contributed by atoms with van der Waals surface area (Å²) in [5.74, 6) is 1.63. The third-order valence-electron chi connectivity index (χ3n) is 1.65. The minimum Gasteiger partial charge on any atom is -0.384 e. The van der Waals surface area contributed by atoms with Crippen molar-refractivity contribution in [2.45, 2.75) is 6.92 Å². The highest BCUT2D eigenvalue weighted by molar-refractivity contribution is 5.62. The van der Waals surface area contributed by atoms with Gasteiger partial charge in [0.05, 0.1) is 0 Å². The van der Waals surface area contributed by atoms with E-state index in [4.69, 9.17) is 16.0 Å². The lowest BCUT2D eigenvalue weighted by Crippen LogP contribution is -1.97. The summed E-state index contributed by atoms with van der Waals surface area (Å²) in [6, 6.07) is 3.28. The third kappa shape index (κ3) is 1.49. The normalized spacial score (nSPS) is 10.4. The molecule has 0 atom stereocenters. The molecule has 4 N–H and O–H groups in total. The first-order valence-corrected chi connectivity index (χ1v) is 3.99. The number of nitrogens with two attached hydrogens (primary N) is 2. The Hall–Kier alpha value is -2.11. The molecule has 0 aromatic carbocycles. The van der Waals surface area contributed by atoms with E-state index in [2.05, 4.69) is 15.1 Å². The van der Waals surface area contributed by atoms with Crippen molar-refractivity contribution in [1.82, 2.24) is 15.1 Å². The predicted molar refractivity (Wildman–Crippen MR) is 51.1 cm³/mol. The van der Waals surface area contributed by atoms with Gasteiger partial charge in [0, 0.05) is 12.5 Å². The van der Waals surface area contributed by atoms with Crippen molar-refractivity contribution in [1.29, 1.82) is 0 Å².